The first-order valence-corrected chi connectivity index (χ1v) is 11.3. The van der Waals surface area contributed by atoms with Crippen LogP contribution in [0, 0.1) is 0 Å². The van der Waals surface area contributed by atoms with E-state index < -0.39 is 0 Å². The van der Waals surface area contributed by atoms with Gasteiger partial charge in [0.05, 0.1) is 18.4 Å². The van der Waals surface area contributed by atoms with Crippen LogP contribution in [0.2, 0.25) is 0 Å². The maximum atomic E-state index is 12.8. The lowest BCUT2D eigenvalue weighted by atomic mass is 10.1. The predicted molar refractivity (Wildman–Crippen MR) is 131 cm³/mol. The SMILES string of the molecule is COc1ccccc1C(=O)Nc1cccc([C@@H]2SCC(=O)N2c2ccc(N(C)C)cc2)c1. The molecule has 7 heteroatoms. The number of thioether (sulfide) groups is 1. The van der Waals surface area contributed by atoms with Crippen molar-refractivity contribution >= 4 is 40.6 Å². The molecule has 1 fully saturated rings. The van der Waals surface area contributed by atoms with Gasteiger partial charge < -0.3 is 15.0 Å². The number of amides is 2. The Morgan fingerprint density at radius 3 is 2.53 bits per heavy atom. The van der Waals surface area contributed by atoms with Gasteiger partial charge in [-0.15, -0.1) is 11.8 Å². The highest BCUT2D eigenvalue weighted by Gasteiger charge is 2.34. The summed E-state index contributed by atoms with van der Waals surface area (Å²) in [6.45, 7) is 0. The minimum Gasteiger partial charge on any atom is -0.496 e. The van der Waals surface area contributed by atoms with Crippen molar-refractivity contribution in [1.82, 2.24) is 0 Å². The Labute approximate surface area is 192 Å². The van der Waals surface area contributed by atoms with Crippen LogP contribution in [-0.4, -0.2) is 38.8 Å². The number of hydrogen-bond acceptors (Lipinski definition) is 5. The molecule has 2 amide bonds. The molecule has 1 N–H and O–H groups in total. The normalized spacial score (nSPS) is 15.5. The Kier molecular flexibility index (Phi) is 6.37. The fourth-order valence-electron chi connectivity index (χ4n) is 3.66. The summed E-state index contributed by atoms with van der Waals surface area (Å²) in [5.74, 6) is 0.759. The van der Waals surface area contributed by atoms with Crippen molar-refractivity contribution < 1.29 is 14.3 Å². The molecule has 0 bridgehead atoms. The zero-order chi connectivity index (χ0) is 22.7. The number of rotatable bonds is 6. The molecule has 1 saturated heterocycles. The summed E-state index contributed by atoms with van der Waals surface area (Å²) in [5.41, 5.74) is 4.02. The van der Waals surface area contributed by atoms with Crippen LogP contribution in [0.3, 0.4) is 0 Å². The van der Waals surface area contributed by atoms with Gasteiger partial charge in [-0.05, 0) is 54.1 Å². The van der Waals surface area contributed by atoms with Crippen LogP contribution in [-0.2, 0) is 4.79 Å². The third-order valence-corrected chi connectivity index (χ3v) is 6.51. The molecular weight excluding hydrogens is 422 g/mol. The summed E-state index contributed by atoms with van der Waals surface area (Å²) in [6, 6.07) is 22.7. The van der Waals surface area contributed by atoms with Gasteiger partial charge in [0.15, 0.2) is 0 Å². The molecule has 0 spiro atoms. The predicted octanol–water partition coefficient (Wildman–Crippen LogP) is 4.79. The van der Waals surface area contributed by atoms with E-state index in [0.29, 0.717) is 22.8 Å². The summed E-state index contributed by atoms with van der Waals surface area (Å²) in [4.78, 5) is 29.3. The molecule has 0 aliphatic carbocycles. The highest BCUT2D eigenvalue weighted by molar-refractivity contribution is 8.00. The van der Waals surface area contributed by atoms with Crippen LogP contribution < -0.4 is 19.9 Å². The molecule has 4 rings (SSSR count). The first-order valence-electron chi connectivity index (χ1n) is 10.2. The third kappa shape index (κ3) is 4.43. The number of carbonyl (C=O) groups excluding carboxylic acids is 2. The lowest BCUT2D eigenvalue weighted by Crippen LogP contribution is -2.27. The largest absolute Gasteiger partial charge is 0.496 e. The quantitative estimate of drug-likeness (QED) is 0.589. The van der Waals surface area contributed by atoms with Gasteiger partial charge in [0.2, 0.25) is 5.91 Å². The van der Waals surface area contributed by atoms with E-state index in [1.807, 2.05) is 78.5 Å². The number of benzene rings is 3. The average molecular weight is 448 g/mol. The van der Waals surface area contributed by atoms with Gasteiger partial charge in [-0.3, -0.25) is 14.5 Å². The second kappa shape index (κ2) is 9.36. The zero-order valence-electron chi connectivity index (χ0n) is 18.2. The molecule has 0 aromatic heterocycles. The lowest BCUT2D eigenvalue weighted by Gasteiger charge is -2.25. The Bertz CT molecular complexity index is 1130. The second-order valence-corrected chi connectivity index (χ2v) is 8.69. The topological polar surface area (TPSA) is 61.9 Å². The molecule has 3 aromatic carbocycles. The Morgan fingerprint density at radius 2 is 1.81 bits per heavy atom. The average Bonchev–Trinajstić information content (AvgIpc) is 3.20. The second-order valence-electron chi connectivity index (χ2n) is 7.62. The lowest BCUT2D eigenvalue weighted by molar-refractivity contribution is -0.115. The summed E-state index contributed by atoms with van der Waals surface area (Å²) in [5, 5.41) is 2.79. The highest BCUT2D eigenvalue weighted by atomic mass is 32.2. The van der Waals surface area contributed by atoms with E-state index >= 15 is 0 Å². The van der Waals surface area contributed by atoms with Gasteiger partial charge in [-0.1, -0.05) is 24.3 Å². The van der Waals surface area contributed by atoms with Crippen molar-refractivity contribution in [3.63, 3.8) is 0 Å². The molecule has 0 unspecified atom stereocenters. The zero-order valence-corrected chi connectivity index (χ0v) is 19.1. The Balaban J connectivity index is 1.58. The monoisotopic (exact) mass is 447 g/mol. The van der Waals surface area contributed by atoms with Crippen LogP contribution in [0.5, 0.6) is 5.75 Å². The van der Waals surface area contributed by atoms with Crippen LogP contribution in [0.4, 0.5) is 17.1 Å². The Morgan fingerprint density at radius 1 is 1.06 bits per heavy atom. The van der Waals surface area contributed by atoms with E-state index in [1.54, 1.807) is 37.1 Å². The van der Waals surface area contributed by atoms with Crippen molar-refractivity contribution in [2.24, 2.45) is 0 Å². The first kappa shape index (κ1) is 21.8. The van der Waals surface area contributed by atoms with E-state index in [4.69, 9.17) is 4.74 Å². The summed E-state index contributed by atoms with van der Waals surface area (Å²) in [6.07, 6.45) is 0. The van der Waals surface area contributed by atoms with E-state index in [2.05, 4.69) is 5.32 Å². The Hall–Kier alpha value is -3.45. The van der Waals surface area contributed by atoms with Crippen molar-refractivity contribution in [3.8, 4) is 5.75 Å². The maximum Gasteiger partial charge on any atom is 0.259 e. The van der Waals surface area contributed by atoms with Gasteiger partial charge in [0.1, 0.15) is 11.1 Å². The number of carbonyl (C=O) groups is 2. The van der Waals surface area contributed by atoms with Crippen LogP contribution in [0.25, 0.3) is 0 Å². The molecule has 0 radical (unpaired) electrons. The summed E-state index contributed by atoms with van der Waals surface area (Å²) >= 11 is 1.58. The number of ether oxygens (including phenoxy) is 1. The van der Waals surface area contributed by atoms with Crippen molar-refractivity contribution in [2.45, 2.75) is 5.37 Å². The molecule has 3 aromatic rings. The number of para-hydroxylation sites is 1. The molecule has 1 atom stereocenters. The number of hydrogen-bond donors (Lipinski definition) is 1. The van der Waals surface area contributed by atoms with E-state index in [1.165, 1.54) is 0 Å². The van der Waals surface area contributed by atoms with Gasteiger partial charge >= 0.3 is 0 Å². The van der Waals surface area contributed by atoms with E-state index in [-0.39, 0.29) is 17.2 Å². The van der Waals surface area contributed by atoms with Crippen LogP contribution in [0.1, 0.15) is 21.3 Å². The maximum absolute atomic E-state index is 12.8. The minimum absolute atomic E-state index is 0.0704. The van der Waals surface area contributed by atoms with Crippen LogP contribution >= 0.6 is 11.8 Å². The number of methoxy groups -OCH3 is 1. The fourth-order valence-corrected chi connectivity index (χ4v) is 4.83. The van der Waals surface area contributed by atoms with Gasteiger partial charge in [0.25, 0.3) is 5.91 Å². The minimum atomic E-state index is -0.245. The smallest absolute Gasteiger partial charge is 0.259 e. The molecule has 32 heavy (non-hydrogen) atoms. The summed E-state index contributed by atoms with van der Waals surface area (Å²) < 4.78 is 5.30. The van der Waals surface area contributed by atoms with Gasteiger partial charge in [-0.2, -0.15) is 0 Å². The third-order valence-electron chi connectivity index (χ3n) is 5.29. The molecule has 6 nitrogen and oxygen atoms in total. The number of nitrogens with one attached hydrogen (secondary N) is 1. The van der Waals surface area contributed by atoms with Gasteiger partial charge in [-0.25, -0.2) is 0 Å². The molecular formula is C25H25N3O3S. The molecule has 1 aliphatic rings. The molecule has 1 heterocycles. The first-order chi connectivity index (χ1) is 15.5. The van der Waals surface area contributed by atoms with Crippen molar-refractivity contribution in [2.75, 3.05) is 42.1 Å². The molecule has 1 aliphatic heterocycles. The van der Waals surface area contributed by atoms with E-state index in [0.717, 1.165) is 16.9 Å². The van der Waals surface area contributed by atoms with Crippen molar-refractivity contribution in [1.29, 1.82) is 0 Å². The fraction of sp³-hybridized carbons (Fsp3) is 0.200. The van der Waals surface area contributed by atoms with E-state index in [9.17, 15) is 9.59 Å². The number of nitrogens with zero attached hydrogens (tertiary/aromatic N) is 2. The van der Waals surface area contributed by atoms with Crippen molar-refractivity contribution in [3.05, 3.63) is 83.9 Å². The van der Waals surface area contributed by atoms with Crippen LogP contribution in [0.15, 0.2) is 72.8 Å². The van der Waals surface area contributed by atoms with Gasteiger partial charge in [0, 0.05) is 31.2 Å². The molecule has 164 valence electrons. The summed E-state index contributed by atoms with van der Waals surface area (Å²) in [7, 11) is 5.51. The molecule has 0 saturated carbocycles. The highest BCUT2D eigenvalue weighted by Crippen LogP contribution is 2.42. The standard InChI is InChI=1S/C25H25N3O3S/c1-27(2)19-11-13-20(14-12-19)28-23(29)16-32-25(28)17-7-6-8-18(15-17)26-24(30)21-9-4-5-10-22(21)31-3/h4-15,25H,16H2,1-3H3,(H,26,30)/t25-/m0/s1. The number of anilines is 3.